The van der Waals surface area contributed by atoms with Gasteiger partial charge >= 0.3 is 0 Å². The SMILES string of the molecule is Cc1cn2cc(C3=CC(=O)N4C=C(N5CCNCC5)C=CC4=CCC3C)cc(F)c2n1. The molecule has 0 aliphatic carbocycles. The van der Waals surface area contributed by atoms with Gasteiger partial charge in [-0.1, -0.05) is 13.0 Å². The maximum absolute atomic E-state index is 14.7. The molecule has 5 rings (SSSR count). The number of halogens is 1. The van der Waals surface area contributed by atoms with E-state index >= 15 is 0 Å². The Labute approximate surface area is 181 Å². The number of aromatic nitrogens is 2. The predicted octanol–water partition coefficient (Wildman–Crippen LogP) is 3.23. The number of carbonyl (C=O) groups excluding carboxylic acids is 1. The predicted molar refractivity (Wildman–Crippen MR) is 118 cm³/mol. The molecule has 1 unspecified atom stereocenters. The minimum Gasteiger partial charge on any atom is -0.368 e. The van der Waals surface area contributed by atoms with Crippen LogP contribution in [0, 0.1) is 18.7 Å². The van der Waals surface area contributed by atoms with Crippen LogP contribution in [0.3, 0.4) is 0 Å². The van der Waals surface area contributed by atoms with E-state index in [1.807, 2.05) is 25.4 Å². The van der Waals surface area contributed by atoms with E-state index in [9.17, 15) is 9.18 Å². The highest BCUT2D eigenvalue weighted by Gasteiger charge is 2.25. The maximum Gasteiger partial charge on any atom is 0.255 e. The van der Waals surface area contributed by atoms with E-state index in [1.54, 1.807) is 21.6 Å². The highest BCUT2D eigenvalue weighted by molar-refractivity contribution is 5.98. The number of hydrogen-bond acceptors (Lipinski definition) is 4. The number of piperazine rings is 1. The summed E-state index contributed by atoms with van der Waals surface area (Å²) in [5.74, 6) is -0.426. The van der Waals surface area contributed by atoms with Crippen LogP contribution in [0.1, 0.15) is 24.6 Å². The Morgan fingerprint density at radius 3 is 2.74 bits per heavy atom. The van der Waals surface area contributed by atoms with E-state index in [2.05, 4.69) is 34.3 Å². The van der Waals surface area contributed by atoms with Crippen molar-refractivity contribution in [3.8, 4) is 0 Å². The molecule has 0 saturated carbocycles. The Kier molecular flexibility index (Phi) is 4.98. The highest BCUT2D eigenvalue weighted by atomic mass is 19.1. The number of amides is 1. The van der Waals surface area contributed by atoms with Crippen molar-refractivity contribution in [3.63, 3.8) is 0 Å². The van der Waals surface area contributed by atoms with Gasteiger partial charge in [-0.2, -0.15) is 0 Å². The molecule has 2 aromatic heterocycles. The summed E-state index contributed by atoms with van der Waals surface area (Å²) in [5, 5.41) is 3.35. The molecule has 0 spiro atoms. The lowest BCUT2D eigenvalue weighted by atomic mass is 9.90. The van der Waals surface area contributed by atoms with Crippen molar-refractivity contribution in [2.75, 3.05) is 26.2 Å². The Morgan fingerprint density at radius 1 is 1.16 bits per heavy atom. The first kappa shape index (κ1) is 19.8. The monoisotopic (exact) mass is 419 g/mol. The summed E-state index contributed by atoms with van der Waals surface area (Å²) in [6, 6.07) is 1.49. The fraction of sp³-hybridized carbons (Fsp3) is 0.333. The van der Waals surface area contributed by atoms with Crippen molar-refractivity contribution < 1.29 is 9.18 Å². The van der Waals surface area contributed by atoms with Gasteiger partial charge in [-0.25, -0.2) is 9.37 Å². The maximum atomic E-state index is 14.7. The second-order valence-electron chi connectivity index (χ2n) is 8.39. The molecule has 3 aliphatic heterocycles. The van der Waals surface area contributed by atoms with Crippen LogP contribution in [-0.4, -0.2) is 51.3 Å². The van der Waals surface area contributed by atoms with Crippen molar-refractivity contribution in [3.05, 3.63) is 77.4 Å². The smallest absolute Gasteiger partial charge is 0.255 e. The standard InChI is InChI=1S/C24H26FN5O/c1-16-3-4-19-5-6-20(28-9-7-26-8-10-28)15-30(19)23(31)12-21(16)18-11-22(25)24-27-17(2)13-29(24)14-18/h4-6,11-16,26H,3,7-10H2,1-2H3. The zero-order valence-corrected chi connectivity index (χ0v) is 17.8. The lowest BCUT2D eigenvalue weighted by Gasteiger charge is -2.34. The molecule has 0 radical (unpaired) electrons. The number of hydrogen-bond donors (Lipinski definition) is 1. The Bertz CT molecular complexity index is 1170. The molecule has 6 nitrogen and oxygen atoms in total. The van der Waals surface area contributed by atoms with Gasteiger partial charge in [0, 0.05) is 56.5 Å². The number of imidazole rings is 1. The molecule has 1 fully saturated rings. The molecule has 31 heavy (non-hydrogen) atoms. The van der Waals surface area contributed by atoms with Crippen LogP contribution >= 0.6 is 0 Å². The first-order valence-corrected chi connectivity index (χ1v) is 10.8. The van der Waals surface area contributed by atoms with E-state index in [-0.39, 0.29) is 17.6 Å². The number of pyridine rings is 1. The van der Waals surface area contributed by atoms with Gasteiger partial charge in [0.15, 0.2) is 11.5 Å². The Hall–Kier alpha value is -3.19. The van der Waals surface area contributed by atoms with Crippen LogP contribution in [-0.2, 0) is 4.79 Å². The van der Waals surface area contributed by atoms with Gasteiger partial charge in [0.1, 0.15) is 0 Å². The molecule has 1 amide bonds. The average molecular weight is 420 g/mol. The number of allylic oxidation sites excluding steroid dienone is 4. The summed E-state index contributed by atoms with van der Waals surface area (Å²) in [7, 11) is 0. The summed E-state index contributed by atoms with van der Waals surface area (Å²) >= 11 is 0. The van der Waals surface area contributed by atoms with Crippen LogP contribution in [0.15, 0.2) is 60.4 Å². The summed E-state index contributed by atoms with van der Waals surface area (Å²) < 4.78 is 16.4. The zero-order valence-electron chi connectivity index (χ0n) is 17.8. The lowest BCUT2D eigenvalue weighted by Crippen LogP contribution is -2.43. The van der Waals surface area contributed by atoms with E-state index in [1.165, 1.54) is 6.07 Å². The van der Waals surface area contributed by atoms with Crippen LogP contribution < -0.4 is 5.32 Å². The molecule has 1 N–H and O–H groups in total. The van der Waals surface area contributed by atoms with Gasteiger partial charge in [0.05, 0.1) is 11.4 Å². The van der Waals surface area contributed by atoms with Crippen LogP contribution in [0.2, 0.25) is 0 Å². The largest absolute Gasteiger partial charge is 0.368 e. The van der Waals surface area contributed by atoms with Gasteiger partial charge in [0.2, 0.25) is 0 Å². The fourth-order valence-electron chi connectivity index (χ4n) is 4.44. The number of nitrogens with one attached hydrogen (secondary N) is 1. The van der Waals surface area contributed by atoms with Crippen molar-refractivity contribution in [2.24, 2.45) is 5.92 Å². The molecule has 7 heteroatoms. The molecule has 160 valence electrons. The molecule has 5 heterocycles. The fourth-order valence-corrected chi connectivity index (χ4v) is 4.44. The molecular formula is C24H26FN5O. The molecule has 2 aromatic rings. The van der Waals surface area contributed by atoms with E-state index < -0.39 is 0 Å². The average Bonchev–Trinajstić information content (AvgIpc) is 3.16. The summed E-state index contributed by atoms with van der Waals surface area (Å²) in [4.78, 5) is 21.5. The zero-order chi connectivity index (χ0) is 21.5. The minimum atomic E-state index is -0.383. The second kappa shape index (κ2) is 7.81. The van der Waals surface area contributed by atoms with Crippen molar-refractivity contribution >= 4 is 17.1 Å². The van der Waals surface area contributed by atoms with Gasteiger partial charge in [-0.3, -0.25) is 9.69 Å². The lowest BCUT2D eigenvalue weighted by molar-refractivity contribution is -0.122. The third-order valence-corrected chi connectivity index (χ3v) is 6.13. The van der Waals surface area contributed by atoms with E-state index in [4.69, 9.17) is 0 Å². The highest BCUT2D eigenvalue weighted by Crippen LogP contribution is 2.32. The second-order valence-corrected chi connectivity index (χ2v) is 8.39. The number of fused-ring (bicyclic) bond motifs is 2. The third-order valence-electron chi connectivity index (χ3n) is 6.13. The molecule has 3 aliphatic rings. The Balaban J connectivity index is 1.51. The van der Waals surface area contributed by atoms with Gasteiger partial charge in [0.25, 0.3) is 5.91 Å². The number of carbonyl (C=O) groups is 1. The normalized spacial score (nSPS) is 22.0. The van der Waals surface area contributed by atoms with Crippen molar-refractivity contribution in [1.82, 2.24) is 24.5 Å². The van der Waals surface area contributed by atoms with Crippen molar-refractivity contribution in [2.45, 2.75) is 20.3 Å². The first-order chi connectivity index (χ1) is 15.0. The number of nitrogens with zero attached hydrogens (tertiary/aromatic N) is 4. The topological polar surface area (TPSA) is 52.9 Å². The molecule has 0 bridgehead atoms. The molecule has 0 aromatic carbocycles. The first-order valence-electron chi connectivity index (χ1n) is 10.8. The summed E-state index contributed by atoms with van der Waals surface area (Å²) in [6.45, 7) is 7.61. The number of rotatable bonds is 2. The van der Waals surface area contributed by atoms with Crippen molar-refractivity contribution in [1.29, 1.82) is 0 Å². The Morgan fingerprint density at radius 2 is 1.94 bits per heavy atom. The molecule has 1 saturated heterocycles. The van der Waals surface area contributed by atoms with Gasteiger partial charge < -0.3 is 14.6 Å². The summed E-state index contributed by atoms with van der Waals surface area (Å²) in [6.07, 6.45) is 14.2. The van der Waals surface area contributed by atoms with Gasteiger partial charge in [-0.15, -0.1) is 0 Å². The quantitative estimate of drug-likeness (QED) is 0.812. The minimum absolute atomic E-state index is 0.0759. The van der Waals surface area contributed by atoms with Gasteiger partial charge in [-0.05, 0) is 48.6 Å². The van der Waals surface area contributed by atoms with Crippen LogP contribution in [0.5, 0.6) is 0 Å². The van der Waals surface area contributed by atoms with Crippen LogP contribution in [0.4, 0.5) is 4.39 Å². The third kappa shape index (κ3) is 3.70. The number of aryl methyl sites for hydroxylation is 1. The summed E-state index contributed by atoms with van der Waals surface area (Å²) in [5.41, 5.74) is 4.52. The van der Waals surface area contributed by atoms with E-state index in [0.29, 0.717) is 11.2 Å². The molecular weight excluding hydrogens is 393 g/mol. The molecule has 1 atom stereocenters. The van der Waals surface area contributed by atoms with E-state index in [0.717, 1.165) is 55.3 Å². The van der Waals surface area contributed by atoms with Crippen LogP contribution in [0.25, 0.3) is 11.2 Å².